The molecule has 1 unspecified atom stereocenters. The monoisotopic (exact) mass is 342 g/mol. The second-order valence-corrected chi connectivity index (χ2v) is 6.06. The number of benzene rings is 2. The Labute approximate surface area is 149 Å². The molecule has 2 aromatic rings. The van der Waals surface area contributed by atoms with Gasteiger partial charge in [0.15, 0.2) is 11.5 Å². The van der Waals surface area contributed by atoms with E-state index < -0.39 is 0 Å². The molecule has 1 N–H and O–H groups in total. The zero-order valence-electron chi connectivity index (χ0n) is 15.3. The molecule has 1 atom stereocenters. The predicted octanol–water partition coefficient (Wildman–Crippen LogP) is 2.61. The molecule has 0 saturated heterocycles. The molecule has 0 spiro atoms. The smallest absolute Gasteiger partial charge is 0.255 e. The van der Waals surface area contributed by atoms with Crippen LogP contribution in [0.1, 0.15) is 15.9 Å². The highest BCUT2D eigenvalue weighted by molar-refractivity contribution is 5.97. The van der Waals surface area contributed by atoms with E-state index in [-0.39, 0.29) is 11.9 Å². The Bertz CT molecular complexity index is 687. The van der Waals surface area contributed by atoms with Gasteiger partial charge in [-0.3, -0.25) is 4.79 Å². The molecule has 134 valence electrons. The number of likely N-dealkylation sites (N-methyl/N-ethyl adjacent to an activating group) is 1. The third kappa shape index (κ3) is 4.97. The van der Waals surface area contributed by atoms with Gasteiger partial charge in [-0.15, -0.1) is 0 Å². The standard InChI is InChI=1S/C20H26N2O3/c1-22(2)16(13-15-9-6-5-7-10-15)14-21-20(23)17-11-8-12-18(24-3)19(17)25-4/h5-12,16H,13-14H2,1-4H3,(H,21,23). The van der Waals surface area contributed by atoms with Crippen LogP contribution in [0.15, 0.2) is 48.5 Å². The second-order valence-electron chi connectivity index (χ2n) is 6.06. The molecule has 25 heavy (non-hydrogen) atoms. The van der Waals surface area contributed by atoms with Gasteiger partial charge >= 0.3 is 0 Å². The highest BCUT2D eigenvalue weighted by Crippen LogP contribution is 2.30. The predicted molar refractivity (Wildman–Crippen MR) is 99.5 cm³/mol. The summed E-state index contributed by atoms with van der Waals surface area (Å²) in [7, 11) is 7.13. The fourth-order valence-electron chi connectivity index (χ4n) is 2.70. The first-order valence-corrected chi connectivity index (χ1v) is 8.26. The summed E-state index contributed by atoms with van der Waals surface area (Å²) >= 11 is 0. The molecule has 5 heteroatoms. The van der Waals surface area contributed by atoms with E-state index in [4.69, 9.17) is 9.47 Å². The van der Waals surface area contributed by atoms with Crippen LogP contribution in [-0.2, 0) is 6.42 Å². The minimum atomic E-state index is -0.171. The number of nitrogens with one attached hydrogen (secondary N) is 1. The van der Waals surface area contributed by atoms with E-state index in [1.54, 1.807) is 25.3 Å². The van der Waals surface area contributed by atoms with E-state index in [1.807, 2.05) is 32.3 Å². The first-order chi connectivity index (χ1) is 12.1. The maximum absolute atomic E-state index is 12.6. The summed E-state index contributed by atoms with van der Waals surface area (Å²) in [5.74, 6) is 0.825. The van der Waals surface area contributed by atoms with Crippen LogP contribution in [0.25, 0.3) is 0 Å². The van der Waals surface area contributed by atoms with Crippen molar-refractivity contribution in [2.75, 3.05) is 34.9 Å². The van der Waals surface area contributed by atoms with Crippen molar-refractivity contribution in [1.29, 1.82) is 0 Å². The Morgan fingerprint density at radius 3 is 2.36 bits per heavy atom. The molecule has 0 fully saturated rings. The largest absolute Gasteiger partial charge is 0.493 e. The summed E-state index contributed by atoms with van der Waals surface area (Å²) in [6.45, 7) is 0.543. The highest BCUT2D eigenvalue weighted by Gasteiger charge is 2.18. The Morgan fingerprint density at radius 1 is 1.04 bits per heavy atom. The summed E-state index contributed by atoms with van der Waals surface area (Å²) in [5.41, 5.74) is 1.72. The van der Waals surface area contributed by atoms with Gasteiger partial charge < -0.3 is 19.7 Å². The quantitative estimate of drug-likeness (QED) is 0.801. The first kappa shape index (κ1) is 18.8. The molecule has 0 aliphatic heterocycles. The summed E-state index contributed by atoms with van der Waals surface area (Å²) in [6.07, 6.45) is 0.864. The minimum absolute atomic E-state index is 0.171. The fraction of sp³-hybridized carbons (Fsp3) is 0.350. The van der Waals surface area contributed by atoms with Crippen molar-refractivity contribution in [2.24, 2.45) is 0 Å². The molecule has 0 saturated carbocycles. The Morgan fingerprint density at radius 2 is 1.76 bits per heavy atom. The van der Waals surface area contributed by atoms with Crippen molar-refractivity contribution < 1.29 is 14.3 Å². The number of methoxy groups -OCH3 is 2. The lowest BCUT2D eigenvalue weighted by Gasteiger charge is -2.25. The first-order valence-electron chi connectivity index (χ1n) is 8.26. The van der Waals surface area contributed by atoms with E-state index in [1.165, 1.54) is 12.7 Å². The van der Waals surface area contributed by atoms with Crippen LogP contribution in [0.3, 0.4) is 0 Å². The maximum Gasteiger partial charge on any atom is 0.255 e. The van der Waals surface area contributed by atoms with Gasteiger partial charge in [0.1, 0.15) is 0 Å². The van der Waals surface area contributed by atoms with Gasteiger partial charge in [-0.05, 0) is 38.2 Å². The average molecular weight is 342 g/mol. The molecule has 2 rings (SSSR count). The number of para-hydroxylation sites is 1. The van der Waals surface area contributed by atoms with Gasteiger partial charge in [0.2, 0.25) is 0 Å². The third-order valence-corrected chi connectivity index (χ3v) is 4.19. The lowest BCUT2D eigenvalue weighted by atomic mass is 10.0. The Hall–Kier alpha value is -2.53. The lowest BCUT2D eigenvalue weighted by molar-refractivity contribution is 0.0938. The van der Waals surface area contributed by atoms with Crippen LogP contribution < -0.4 is 14.8 Å². The minimum Gasteiger partial charge on any atom is -0.493 e. The Kier molecular flexibility index (Phi) is 6.83. The molecule has 2 aromatic carbocycles. The topological polar surface area (TPSA) is 50.8 Å². The molecule has 0 aliphatic rings. The van der Waals surface area contributed by atoms with Crippen LogP contribution in [0.5, 0.6) is 11.5 Å². The molecule has 0 bridgehead atoms. The van der Waals surface area contributed by atoms with Gasteiger partial charge in [-0.25, -0.2) is 0 Å². The molecule has 0 heterocycles. The van der Waals surface area contributed by atoms with Crippen molar-refractivity contribution in [2.45, 2.75) is 12.5 Å². The van der Waals surface area contributed by atoms with Crippen LogP contribution in [0.4, 0.5) is 0 Å². The third-order valence-electron chi connectivity index (χ3n) is 4.19. The normalized spacial score (nSPS) is 11.9. The highest BCUT2D eigenvalue weighted by atomic mass is 16.5. The van der Waals surface area contributed by atoms with Gasteiger partial charge in [0, 0.05) is 12.6 Å². The number of nitrogens with zero attached hydrogens (tertiary/aromatic N) is 1. The van der Waals surface area contributed by atoms with E-state index in [9.17, 15) is 4.79 Å². The number of carbonyl (C=O) groups is 1. The van der Waals surface area contributed by atoms with Crippen LogP contribution in [0, 0.1) is 0 Å². The van der Waals surface area contributed by atoms with Crippen molar-refractivity contribution in [3.05, 3.63) is 59.7 Å². The van der Waals surface area contributed by atoms with Crippen molar-refractivity contribution in [1.82, 2.24) is 10.2 Å². The SMILES string of the molecule is COc1cccc(C(=O)NCC(Cc2ccccc2)N(C)C)c1OC. The number of amides is 1. The van der Waals surface area contributed by atoms with E-state index in [0.29, 0.717) is 23.6 Å². The summed E-state index contributed by atoms with van der Waals surface area (Å²) < 4.78 is 10.6. The number of hydrogen-bond donors (Lipinski definition) is 1. The van der Waals surface area contributed by atoms with Gasteiger partial charge in [-0.2, -0.15) is 0 Å². The summed E-state index contributed by atoms with van der Waals surface area (Å²) in [4.78, 5) is 14.7. The van der Waals surface area contributed by atoms with E-state index >= 15 is 0 Å². The lowest BCUT2D eigenvalue weighted by Crippen LogP contribution is -2.41. The molecular formula is C20H26N2O3. The fourth-order valence-corrected chi connectivity index (χ4v) is 2.70. The molecule has 0 aliphatic carbocycles. The zero-order valence-corrected chi connectivity index (χ0v) is 15.3. The number of ether oxygens (including phenoxy) is 2. The molecular weight excluding hydrogens is 316 g/mol. The summed E-state index contributed by atoms with van der Waals surface area (Å²) in [5, 5.41) is 3.01. The van der Waals surface area contributed by atoms with Crippen LogP contribution in [0.2, 0.25) is 0 Å². The molecule has 0 aromatic heterocycles. The number of hydrogen-bond acceptors (Lipinski definition) is 4. The molecule has 1 amide bonds. The number of carbonyl (C=O) groups excluding carboxylic acids is 1. The number of rotatable bonds is 8. The van der Waals surface area contributed by atoms with E-state index in [0.717, 1.165) is 6.42 Å². The van der Waals surface area contributed by atoms with Crippen LogP contribution >= 0.6 is 0 Å². The van der Waals surface area contributed by atoms with Crippen molar-refractivity contribution >= 4 is 5.91 Å². The van der Waals surface area contributed by atoms with Gasteiger partial charge in [0.05, 0.1) is 19.8 Å². The van der Waals surface area contributed by atoms with Crippen molar-refractivity contribution in [3.63, 3.8) is 0 Å². The zero-order chi connectivity index (χ0) is 18.2. The van der Waals surface area contributed by atoms with Gasteiger partial charge in [0.25, 0.3) is 5.91 Å². The van der Waals surface area contributed by atoms with E-state index in [2.05, 4.69) is 22.3 Å². The molecule has 5 nitrogen and oxygen atoms in total. The maximum atomic E-state index is 12.6. The second kappa shape index (κ2) is 9.08. The molecule has 0 radical (unpaired) electrons. The van der Waals surface area contributed by atoms with Crippen molar-refractivity contribution in [3.8, 4) is 11.5 Å². The van der Waals surface area contributed by atoms with Crippen LogP contribution in [-0.4, -0.2) is 51.7 Å². The average Bonchev–Trinajstić information content (AvgIpc) is 2.64. The Balaban J connectivity index is 2.06. The van der Waals surface area contributed by atoms with Gasteiger partial charge in [-0.1, -0.05) is 36.4 Å². The summed E-state index contributed by atoms with van der Waals surface area (Å²) in [6, 6.07) is 15.7.